The molecule has 3 rings (SSSR count). The zero-order valence-electron chi connectivity index (χ0n) is 9.96. The summed E-state index contributed by atoms with van der Waals surface area (Å²) in [6.07, 6.45) is 1.14. The van der Waals surface area contributed by atoms with Crippen molar-refractivity contribution < 1.29 is 0 Å². The average molecular weight is 229 g/mol. The fraction of sp³-hybridized carbons (Fsp3) is 0.417. The Morgan fingerprint density at radius 1 is 1.41 bits per heavy atom. The molecule has 1 saturated carbocycles. The standard InChI is InChI=1S/C12H15N5/c1-7-4-3-5-9(11(7)13)12-14-15-16-17(12)10-6-8(10)2/h3-5,8,10H,6,13H2,1-2H3/t8-,10+/m0/s1. The number of tetrazole rings is 1. The zero-order valence-corrected chi connectivity index (χ0v) is 9.96. The van der Waals surface area contributed by atoms with Gasteiger partial charge in [-0.05, 0) is 41.3 Å². The number of aromatic nitrogens is 4. The van der Waals surface area contributed by atoms with Gasteiger partial charge in [0.1, 0.15) is 0 Å². The van der Waals surface area contributed by atoms with Crippen LogP contribution in [-0.2, 0) is 0 Å². The van der Waals surface area contributed by atoms with Gasteiger partial charge in [-0.1, -0.05) is 19.1 Å². The van der Waals surface area contributed by atoms with Crippen LogP contribution in [0.25, 0.3) is 11.4 Å². The summed E-state index contributed by atoms with van der Waals surface area (Å²) >= 11 is 0. The number of anilines is 1. The number of nitrogens with zero attached hydrogens (tertiary/aromatic N) is 4. The molecule has 1 aliphatic carbocycles. The summed E-state index contributed by atoms with van der Waals surface area (Å²) in [5.74, 6) is 1.43. The Morgan fingerprint density at radius 3 is 2.88 bits per heavy atom. The lowest BCUT2D eigenvalue weighted by Gasteiger charge is -2.08. The molecule has 5 heteroatoms. The monoisotopic (exact) mass is 229 g/mol. The summed E-state index contributed by atoms with van der Waals surface area (Å²) in [5, 5.41) is 12.0. The van der Waals surface area contributed by atoms with Gasteiger partial charge >= 0.3 is 0 Å². The third kappa shape index (κ3) is 1.58. The van der Waals surface area contributed by atoms with Gasteiger partial charge < -0.3 is 5.73 Å². The van der Waals surface area contributed by atoms with Gasteiger partial charge in [-0.2, -0.15) is 0 Å². The highest BCUT2D eigenvalue weighted by Gasteiger charge is 2.37. The molecule has 1 aliphatic rings. The molecule has 1 aromatic heterocycles. The van der Waals surface area contributed by atoms with Crippen molar-refractivity contribution in [1.29, 1.82) is 0 Å². The van der Waals surface area contributed by atoms with Crippen molar-refractivity contribution in [3.8, 4) is 11.4 Å². The van der Waals surface area contributed by atoms with Crippen molar-refractivity contribution in [2.24, 2.45) is 5.92 Å². The molecule has 0 saturated heterocycles. The van der Waals surface area contributed by atoms with Crippen molar-refractivity contribution in [2.75, 3.05) is 5.73 Å². The molecule has 0 amide bonds. The minimum Gasteiger partial charge on any atom is -0.398 e. The van der Waals surface area contributed by atoms with Crippen LogP contribution >= 0.6 is 0 Å². The van der Waals surface area contributed by atoms with E-state index in [2.05, 4.69) is 22.4 Å². The maximum absolute atomic E-state index is 6.09. The van der Waals surface area contributed by atoms with Gasteiger partial charge in [-0.3, -0.25) is 0 Å². The fourth-order valence-corrected chi connectivity index (χ4v) is 2.11. The second-order valence-corrected chi connectivity index (χ2v) is 4.76. The molecule has 2 aromatic rings. The van der Waals surface area contributed by atoms with Crippen molar-refractivity contribution in [2.45, 2.75) is 26.3 Å². The predicted molar refractivity (Wildman–Crippen MR) is 65.2 cm³/mol. The van der Waals surface area contributed by atoms with Crippen molar-refractivity contribution >= 4 is 5.69 Å². The first kappa shape index (κ1) is 10.3. The van der Waals surface area contributed by atoms with E-state index in [-0.39, 0.29) is 0 Å². The van der Waals surface area contributed by atoms with Crippen LogP contribution in [0.15, 0.2) is 18.2 Å². The number of hydrogen-bond acceptors (Lipinski definition) is 4. The van der Waals surface area contributed by atoms with Crippen molar-refractivity contribution in [3.63, 3.8) is 0 Å². The summed E-state index contributed by atoms with van der Waals surface area (Å²) in [7, 11) is 0. The van der Waals surface area contributed by atoms with Gasteiger partial charge in [0, 0.05) is 11.3 Å². The van der Waals surface area contributed by atoms with E-state index < -0.39 is 0 Å². The second kappa shape index (κ2) is 3.55. The third-order valence-electron chi connectivity index (χ3n) is 3.44. The molecule has 17 heavy (non-hydrogen) atoms. The van der Waals surface area contributed by atoms with Crippen LogP contribution in [0.1, 0.15) is 24.9 Å². The van der Waals surface area contributed by atoms with Gasteiger partial charge in [0.2, 0.25) is 0 Å². The number of rotatable bonds is 2. The maximum Gasteiger partial charge on any atom is 0.184 e. The number of benzene rings is 1. The van der Waals surface area contributed by atoms with Gasteiger partial charge in [0.05, 0.1) is 6.04 Å². The van der Waals surface area contributed by atoms with E-state index in [1.807, 2.05) is 29.8 Å². The Morgan fingerprint density at radius 2 is 2.18 bits per heavy atom. The summed E-state index contributed by atoms with van der Waals surface area (Å²) in [4.78, 5) is 0. The summed E-state index contributed by atoms with van der Waals surface area (Å²) < 4.78 is 1.90. The van der Waals surface area contributed by atoms with E-state index in [4.69, 9.17) is 5.73 Å². The summed E-state index contributed by atoms with van der Waals surface area (Å²) in [6, 6.07) is 6.38. The highest BCUT2D eigenvalue weighted by molar-refractivity contribution is 5.74. The molecule has 1 aromatic carbocycles. The van der Waals surface area contributed by atoms with E-state index in [9.17, 15) is 0 Å². The first-order valence-electron chi connectivity index (χ1n) is 5.82. The second-order valence-electron chi connectivity index (χ2n) is 4.76. The Kier molecular flexibility index (Phi) is 2.14. The first-order chi connectivity index (χ1) is 8.18. The van der Waals surface area contributed by atoms with Gasteiger partial charge in [0.25, 0.3) is 0 Å². The van der Waals surface area contributed by atoms with Crippen molar-refractivity contribution in [1.82, 2.24) is 20.2 Å². The number of aryl methyl sites for hydroxylation is 1. The van der Waals surface area contributed by atoms with Crippen LogP contribution < -0.4 is 5.73 Å². The Balaban J connectivity index is 2.10. The molecule has 2 N–H and O–H groups in total. The molecule has 1 fully saturated rings. The Hall–Kier alpha value is -1.91. The molecule has 5 nitrogen and oxygen atoms in total. The molecule has 0 unspecified atom stereocenters. The molecule has 1 heterocycles. The molecular weight excluding hydrogens is 214 g/mol. The highest BCUT2D eigenvalue weighted by atomic mass is 15.6. The number of nitrogens with two attached hydrogens (primary N) is 1. The van der Waals surface area contributed by atoms with E-state index in [1.165, 1.54) is 0 Å². The SMILES string of the molecule is Cc1cccc(-c2nnnn2[C@@H]2C[C@@H]2C)c1N. The fourth-order valence-electron chi connectivity index (χ4n) is 2.11. The van der Waals surface area contributed by atoms with Crippen molar-refractivity contribution in [3.05, 3.63) is 23.8 Å². The predicted octanol–water partition coefficient (Wildman–Crippen LogP) is 1.81. The lowest BCUT2D eigenvalue weighted by Crippen LogP contribution is -2.03. The zero-order chi connectivity index (χ0) is 12.0. The first-order valence-corrected chi connectivity index (χ1v) is 5.82. The molecule has 0 aliphatic heterocycles. The van der Waals surface area contributed by atoms with Crippen LogP contribution in [0.5, 0.6) is 0 Å². The van der Waals surface area contributed by atoms with Crippen LogP contribution in [0.3, 0.4) is 0 Å². The van der Waals surface area contributed by atoms with Crippen LogP contribution in [0.2, 0.25) is 0 Å². The number of para-hydroxylation sites is 1. The largest absolute Gasteiger partial charge is 0.398 e. The minimum atomic E-state index is 0.430. The van der Waals surface area contributed by atoms with E-state index in [0.717, 1.165) is 29.1 Å². The molecular formula is C12H15N5. The number of nitrogen functional groups attached to an aromatic ring is 1. The smallest absolute Gasteiger partial charge is 0.184 e. The van der Waals surface area contributed by atoms with Gasteiger partial charge in [-0.15, -0.1) is 5.10 Å². The highest BCUT2D eigenvalue weighted by Crippen LogP contribution is 2.44. The molecule has 0 spiro atoms. The van der Waals surface area contributed by atoms with E-state index in [0.29, 0.717) is 12.0 Å². The van der Waals surface area contributed by atoms with Crippen LogP contribution in [-0.4, -0.2) is 20.2 Å². The molecule has 0 bridgehead atoms. The van der Waals surface area contributed by atoms with E-state index in [1.54, 1.807) is 0 Å². The molecule has 88 valence electrons. The number of hydrogen-bond donors (Lipinski definition) is 1. The van der Waals surface area contributed by atoms with Gasteiger partial charge in [0.15, 0.2) is 5.82 Å². The maximum atomic E-state index is 6.09. The Labute approximate surface area is 99.6 Å². The van der Waals surface area contributed by atoms with Gasteiger partial charge in [-0.25, -0.2) is 4.68 Å². The average Bonchev–Trinajstić information content (AvgIpc) is 2.86. The molecule has 0 radical (unpaired) electrons. The topological polar surface area (TPSA) is 69.6 Å². The summed E-state index contributed by atoms with van der Waals surface area (Å²) in [6.45, 7) is 4.20. The quantitative estimate of drug-likeness (QED) is 0.797. The normalized spacial score (nSPS) is 22.7. The molecule has 2 atom stereocenters. The van der Waals surface area contributed by atoms with Crippen LogP contribution in [0.4, 0.5) is 5.69 Å². The lowest BCUT2D eigenvalue weighted by molar-refractivity contribution is 0.584. The third-order valence-corrected chi connectivity index (χ3v) is 3.44. The Bertz CT molecular complexity index is 560. The van der Waals surface area contributed by atoms with E-state index >= 15 is 0 Å². The summed E-state index contributed by atoms with van der Waals surface area (Å²) in [5.41, 5.74) is 8.83. The van der Waals surface area contributed by atoms with Crippen LogP contribution in [0, 0.1) is 12.8 Å². The lowest BCUT2D eigenvalue weighted by atomic mass is 10.1. The minimum absolute atomic E-state index is 0.430.